The van der Waals surface area contributed by atoms with Crippen molar-refractivity contribution >= 4 is 16.9 Å². The largest absolute Gasteiger partial charge is 0.354 e. The lowest BCUT2D eigenvalue weighted by Crippen LogP contribution is -2.10. The number of hydrogen-bond acceptors (Lipinski definition) is 4. The molecule has 0 bridgehead atoms. The van der Waals surface area contributed by atoms with Crippen LogP contribution in [0, 0.1) is 6.92 Å². The molecule has 3 aromatic heterocycles. The highest BCUT2D eigenvalue weighted by Crippen LogP contribution is 2.32. The van der Waals surface area contributed by atoms with Gasteiger partial charge in [0.1, 0.15) is 0 Å². The summed E-state index contributed by atoms with van der Waals surface area (Å²) in [4.78, 5) is 13.1. The van der Waals surface area contributed by atoms with Gasteiger partial charge in [0.05, 0.1) is 11.2 Å². The van der Waals surface area contributed by atoms with E-state index in [9.17, 15) is 0 Å². The molecular weight excluding hydrogens is 346 g/mol. The lowest BCUT2D eigenvalue weighted by atomic mass is 10.0. The third kappa shape index (κ3) is 2.93. The molecule has 5 nitrogen and oxygen atoms in total. The number of pyridine rings is 1. The summed E-state index contributed by atoms with van der Waals surface area (Å²) in [5.41, 5.74) is 7.72. The normalized spacial score (nSPS) is 13.0. The van der Waals surface area contributed by atoms with Crippen LogP contribution >= 0.6 is 0 Å². The van der Waals surface area contributed by atoms with Crippen molar-refractivity contribution in [3.05, 3.63) is 71.8 Å². The predicted octanol–water partition coefficient (Wildman–Crippen LogP) is 4.40. The average Bonchev–Trinajstić information content (AvgIpc) is 3.03. The molecular formula is C23H23N5. The quantitative estimate of drug-likeness (QED) is 0.566. The Morgan fingerprint density at radius 2 is 1.96 bits per heavy atom. The Hall–Kier alpha value is -3.21. The lowest BCUT2D eigenvalue weighted by Gasteiger charge is -2.16. The van der Waals surface area contributed by atoms with Crippen molar-refractivity contribution in [3.63, 3.8) is 0 Å². The van der Waals surface area contributed by atoms with Gasteiger partial charge in [-0.25, -0.2) is 9.97 Å². The molecule has 140 valence electrons. The van der Waals surface area contributed by atoms with Gasteiger partial charge >= 0.3 is 0 Å². The summed E-state index contributed by atoms with van der Waals surface area (Å²) < 4.78 is 2.50. The third-order valence-electron chi connectivity index (χ3n) is 5.67. The van der Waals surface area contributed by atoms with Crippen molar-refractivity contribution in [2.24, 2.45) is 0 Å². The highest BCUT2D eigenvalue weighted by atomic mass is 15.1. The van der Waals surface area contributed by atoms with Crippen molar-refractivity contribution < 1.29 is 0 Å². The van der Waals surface area contributed by atoms with Crippen molar-refractivity contribution in [2.45, 2.75) is 32.7 Å². The van der Waals surface area contributed by atoms with E-state index in [4.69, 9.17) is 0 Å². The summed E-state index contributed by atoms with van der Waals surface area (Å²) >= 11 is 0. The number of nitrogens with zero attached hydrogens (tertiary/aromatic N) is 4. The summed E-state index contributed by atoms with van der Waals surface area (Å²) in [7, 11) is 0. The fourth-order valence-corrected chi connectivity index (χ4v) is 4.33. The van der Waals surface area contributed by atoms with Gasteiger partial charge in [-0.3, -0.25) is 4.98 Å². The van der Waals surface area contributed by atoms with Crippen LogP contribution in [0.15, 0.2) is 55.0 Å². The molecule has 1 N–H and O–H groups in total. The molecule has 28 heavy (non-hydrogen) atoms. The van der Waals surface area contributed by atoms with Crippen LogP contribution in [0.25, 0.3) is 22.2 Å². The van der Waals surface area contributed by atoms with Gasteiger partial charge in [0.2, 0.25) is 5.95 Å². The molecule has 0 saturated carbocycles. The zero-order valence-electron chi connectivity index (χ0n) is 16.0. The summed E-state index contributed by atoms with van der Waals surface area (Å²) in [6.07, 6.45) is 8.75. The molecule has 1 aromatic carbocycles. The van der Waals surface area contributed by atoms with Crippen LogP contribution in [-0.2, 0) is 19.4 Å². The van der Waals surface area contributed by atoms with Crippen LogP contribution in [0.2, 0.25) is 0 Å². The second-order valence-electron chi connectivity index (χ2n) is 7.31. The van der Waals surface area contributed by atoms with E-state index in [1.54, 1.807) is 18.6 Å². The van der Waals surface area contributed by atoms with E-state index in [0.717, 1.165) is 30.8 Å². The number of aryl methyl sites for hydroxylation is 2. The highest BCUT2D eigenvalue weighted by molar-refractivity contribution is 5.88. The van der Waals surface area contributed by atoms with Crippen molar-refractivity contribution in [3.8, 4) is 11.3 Å². The number of para-hydroxylation sites is 1. The molecule has 0 saturated heterocycles. The minimum absolute atomic E-state index is 0.667. The van der Waals surface area contributed by atoms with Crippen molar-refractivity contribution in [2.75, 3.05) is 11.9 Å². The molecule has 1 aliphatic rings. The van der Waals surface area contributed by atoms with Gasteiger partial charge in [-0.2, -0.15) is 0 Å². The Kier molecular flexibility index (Phi) is 4.28. The maximum atomic E-state index is 4.65. The smallest absolute Gasteiger partial charge is 0.223 e. The molecule has 0 fully saturated rings. The average molecular weight is 369 g/mol. The van der Waals surface area contributed by atoms with E-state index in [1.165, 1.54) is 40.6 Å². The van der Waals surface area contributed by atoms with Gasteiger partial charge in [-0.15, -0.1) is 0 Å². The second kappa shape index (κ2) is 7.08. The fourth-order valence-electron chi connectivity index (χ4n) is 4.33. The molecule has 4 aromatic rings. The SMILES string of the molecule is Cc1c(CCNc2nccc(-c3ccncc3)n2)c2cccc3c2n1CCC3. The van der Waals surface area contributed by atoms with Gasteiger partial charge in [0.15, 0.2) is 0 Å². The van der Waals surface area contributed by atoms with Crippen LogP contribution in [0.5, 0.6) is 0 Å². The van der Waals surface area contributed by atoms with Gasteiger partial charge in [0.25, 0.3) is 0 Å². The number of rotatable bonds is 5. The monoisotopic (exact) mass is 369 g/mol. The molecule has 5 rings (SSSR count). The first-order valence-corrected chi connectivity index (χ1v) is 9.88. The molecule has 0 atom stereocenters. The Balaban J connectivity index is 1.36. The second-order valence-corrected chi connectivity index (χ2v) is 7.31. The molecule has 0 unspecified atom stereocenters. The van der Waals surface area contributed by atoms with Crippen LogP contribution < -0.4 is 5.32 Å². The maximum absolute atomic E-state index is 4.65. The van der Waals surface area contributed by atoms with E-state index < -0.39 is 0 Å². The van der Waals surface area contributed by atoms with E-state index >= 15 is 0 Å². The van der Waals surface area contributed by atoms with E-state index in [2.05, 4.69) is 50.0 Å². The third-order valence-corrected chi connectivity index (χ3v) is 5.67. The summed E-state index contributed by atoms with van der Waals surface area (Å²) in [6, 6.07) is 12.6. The van der Waals surface area contributed by atoms with Gasteiger partial charge in [0, 0.05) is 48.3 Å². The van der Waals surface area contributed by atoms with Crippen LogP contribution in [0.1, 0.15) is 23.2 Å². The van der Waals surface area contributed by atoms with Crippen molar-refractivity contribution in [1.82, 2.24) is 19.5 Å². The number of aromatic nitrogens is 4. The topological polar surface area (TPSA) is 55.6 Å². The minimum atomic E-state index is 0.667. The van der Waals surface area contributed by atoms with Crippen molar-refractivity contribution in [1.29, 1.82) is 0 Å². The molecule has 5 heteroatoms. The number of anilines is 1. The minimum Gasteiger partial charge on any atom is -0.354 e. The van der Waals surface area contributed by atoms with Crippen LogP contribution in [0.3, 0.4) is 0 Å². The molecule has 0 aliphatic carbocycles. The fraction of sp³-hybridized carbons (Fsp3) is 0.261. The highest BCUT2D eigenvalue weighted by Gasteiger charge is 2.19. The zero-order valence-corrected chi connectivity index (χ0v) is 16.0. The number of hydrogen-bond donors (Lipinski definition) is 1. The molecule has 0 radical (unpaired) electrons. The molecule has 1 aliphatic heterocycles. The van der Waals surface area contributed by atoms with E-state index in [0.29, 0.717) is 5.95 Å². The first kappa shape index (κ1) is 16.9. The number of benzene rings is 1. The standard InChI is InChI=1S/C23H23N5/c1-16-19(20-6-2-4-18-5-3-15-28(16)22(18)20)9-13-25-23-26-14-10-21(27-23)17-7-11-24-12-8-17/h2,4,6-8,10-12,14H,3,5,9,13,15H2,1H3,(H,25,26,27). The maximum Gasteiger partial charge on any atom is 0.223 e. The Morgan fingerprint density at radius 3 is 2.86 bits per heavy atom. The first-order chi connectivity index (χ1) is 13.8. The van der Waals surface area contributed by atoms with Gasteiger partial charge < -0.3 is 9.88 Å². The first-order valence-electron chi connectivity index (χ1n) is 9.88. The molecule has 0 amide bonds. The Labute approximate surface area is 164 Å². The van der Waals surface area contributed by atoms with E-state index in [-0.39, 0.29) is 0 Å². The Morgan fingerprint density at radius 1 is 1.07 bits per heavy atom. The van der Waals surface area contributed by atoms with E-state index in [1.807, 2.05) is 18.2 Å². The zero-order chi connectivity index (χ0) is 18.9. The summed E-state index contributed by atoms with van der Waals surface area (Å²) in [5, 5.41) is 4.81. The predicted molar refractivity (Wildman–Crippen MR) is 112 cm³/mol. The molecule has 0 spiro atoms. The van der Waals surface area contributed by atoms with Gasteiger partial charge in [-0.05, 0) is 55.5 Å². The van der Waals surface area contributed by atoms with Crippen LogP contribution in [-0.4, -0.2) is 26.1 Å². The Bertz CT molecular complexity index is 1130. The summed E-state index contributed by atoms with van der Waals surface area (Å²) in [6.45, 7) is 4.19. The number of nitrogens with one attached hydrogen (secondary N) is 1. The van der Waals surface area contributed by atoms with Gasteiger partial charge in [-0.1, -0.05) is 18.2 Å². The summed E-state index contributed by atoms with van der Waals surface area (Å²) in [5.74, 6) is 0.667. The molecule has 4 heterocycles. The lowest BCUT2D eigenvalue weighted by molar-refractivity contribution is 0.621. The van der Waals surface area contributed by atoms with Crippen LogP contribution in [0.4, 0.5) is 5.95 Å².